The second kappa shape index (κ2) is 10.0. The molecule has 0 aliphatic heterocycles. The third kappa shape index (κ3) is 7.61. The van der Waals surface area contributed by atoms with E-state index in [1.807, 2.05) is 37.3 Å². The number of sulfonamides is 1. The van der Waals surface area contributed by atoms with E-state index in [0.29, 0.717) is 11.1 Å². The number of hydrogen-bond donors (Lipinski definition) is 3. The summed E-state index contributed by atoms with van der Waals surface area (Å²) in [5.74, 6) is 0.541. The fraction of sp³-hybridized carbons (Fsp3) is 0.500. The number of benzene rings is 1. The van der Waals surface area contributed by atoms with E-state index in [1.165, 1.54) is 11.8 Å². The van der Waals surface area contributed by atoms with Crippen molar-refractivity contribution in [2.45, 2.75) is 43.6 Å². The lowest BCUT2D eigenvalue weighted by molar-refractivity contribution is 0.259. The second-order valence-electron chi connectivity index (χ2n) is 6.96. The third-order valence-corrected chi connectivity index (χ3v) is 5.32. The molecule has 2 atom stereocenters. The van der Waals surface area contributed by atoms with Gasteiger partial charge >= 0.3 is 0 Å². The van der Waals surface area contributed by atoms with Crippen LogP contribution in [0, 0.1) is 5.92 Å². The first kappa shape index (κ1) is 22.4. The maximum absolute atomic E-state index is 11.6. The zero-order valence-electron chi connectivity index (χ0n) is 16.5. The van der Waals surface area contributed by atoms with Crippen LogP contribution in [-0.2, 0) is 10.0 Å². The molecule has 0 saturated carbocycles. The number of aromatic nitrogens is 3. The first-order chi connectivity index (χ1) is 13.2. The van der Waals surface area contributed by atoms with Gasteiger partial charge in [-0.05, 0) is 24.8 Å². The van der Waals surface area contributed by atoms with Crippen molar-refractivity contribution in [3.63, 3.8) is 0 Å². The molecule has 10 heteroatoms. The number of thioether (sulfide) groups is 1. The molecule has 0 bridgehead atoms. The van der Waals surface area contributed by atoms with E-state index in [9.17, 15) is 13.5 Å². The van der Waals surface area contributed by atoms with Crippen LogP contribution in [0.3, 0.4) is 0 Å². The minimum Gasteiger partial charge on any atom is -0.394 e. The Bertz CT molecular complexity index is 863. The number of aliphatic hydroxyl groups is 1. The summed E-state index contributed by atoms with van der Waals surface area (Å²) in [5, 5.41) is 13.1. The van der Waals surface area contributed by atoms with Gasteiger partial charge in [-0.3, -0.25) is 4.72 Å². The van der Waals surface area contributed by atoms with Gasteiger partial charge in [-0.25, -0.2) is 8.42 Å². The zero-order valence-corrected chi connectivity index (χ0v) is 18.1. The molecule has 154 valence electrons. The Morgan fingerprint density at radius 2 is 1.71 bits per heavy atom. The Morgan fingerprint density at radius 1 is 1.07 bits per heavy atom. The van der Waals surface area contributed by atoms with Gasteiger partial charge in [0.2, 0.25) is 21.9 Å². The summed E-state index contributed by atoms with van der Waals surface area (Å²) in [4.78, 5) is 12.8. The lowest BCUT2D eigenvalue weighted by atomic mass is 10.0. The van der Waals surface area contributed by atoms with Gasteiger partial charge in [0.25, 0.3) is 0 Å². The molecule has 0 radical (unpaired) electrons. The highest BCUT2D eigenvalue weighted by Gasteiger charge is 2.17. The van der Waals surface area contributed by atoms with E-state index in [2.05, 4.69) is 38.8 Å². The monoisotopic (exact) mass is 425 g/mol. The zero-order chi connectivity index (χ0) is 20.7. The number of nitrogens with one attached hydrogen (secondary N) is 2. The van der Waals surface area contributed by atoms with Crippen molar-refractivity contribution in [3.8, 4) is 0 Å². The van der Waals surface area contributed by atoms with Crippen LogP contribution in [0.4, 0.5) is 11.9 Å². The smallest absolute Gasteiger partial charge is 0.242 e. The number of anilines is 2. The molecule has 0 aliphatic carbocycles. The molecule has 1 heterocycles. The quantitative estimate of drug-likeness (QED) is 0.498. The molecule has 0 aliphatic rings. The largest absolute Gasteiger partial charge is 0.394 e. The van der Waals surface area contributed by atoms with Crippen LogP contribution in [-0.4, -0.2) is 47.4 Å². The summed E-state index contributed by atoms with van der Waals surface area (Å²) in [7, 11) is -3.53. The van der Waals surface area contributed by atoms with Gasteiger partial charge in [0.1, 0.15) is 0 Å². The van der Waals surface area contributed by atoms with Crippen LogP contribution in [0.2, 0.25) is 0 Å². The molecule has 28 heavy (non-hydrogen) atoms. The lowest BCUT2D eigenvalue weighted by Gasteiger charge is -2.19. The minimum absolute atomic E-state index is 0.0519. The highest BCUT2D eigenvalue weighted by molar-refractivity contribution is 7.99. The first-order valence-corrected chi connectivity index (χ1v) is 11.8. The third-order valence-electron chi connectivity index (χ3n) is 3.75. The Balaban J connectivity index is 2.28. The Kier molecular flexibility index (Phi) is 8.02. The van der Waals surface area contributed by atoms with Crippen molar-refractivity contribution >= 4 is 33.7 Å². The van der Waals surface area contributed by atoms with Crippen LogP contribution < -0.4 is 10.0 Å². The van der Waals surface area contributed by atoms with Crippen molar-refractivity contribution < 1.29 is 13.5 Å². The molecule has 0 spiro atoms. The highest BCUT2D eigenvalue weighted by Crippen LogP contribution is 2.33. The maximum atomic E-state index is 11.6. The van der Waals surface area contributed by atoms with Gasteiger partial charge in [-0.1, -0.05) is 55.9 Å². The van der Waals surface area contributed by atoms with E-state index in [-0.39, 0.29) is 29.8 Å². The maximum Gasteiger partial charge on any atom is 0.242 e. The normalized spacial score (nSPS) is 13.9. The van der Waals surface area contributed by atoms with E-state index in [1.54, 1.807) is 0 Å². The van der Waals surface area contributed by atoms with Crippen LogP contribution in [0.15, 0.2) is 35.5 Å². The predicted octanol–water partition coefficient (Wildman–Crippen LogP) is 2.92. The van der Waals surface area contributed by atoms with Crippen molar-refractivity contribution in [3.05, 3.63) is 35.9 Å². The Labute approximate surface area is 170 Å². The van der Waals surface area contributed by atoms with E-state index in [0.717, 1.165) is 18.2 Å². The molecule has 3 N–H and O–H groups in total. The summed E-state index contributed by atoms with van der Waals surface area (Å²) in [6, 6.07) is 9.65. The van der Waals surface area contributed by atoms with Crippen molar-refractivity contribution in [1.29, 1.82) is 0 Å². The Morgan fingerprint density at radius 3 is 2.29 bits per heavy atom. The van der Waals surface area contributed by atoms with E-state index in [4.69, 9.17) is 0 Å². The predicted molar refractivity (Wildman–Crippen MR) is 113 cm³/mol. The van der Waals surface area contributed by atoms with Gasteiger partial charge in [-0.15, -0.1) is 0 Å². The molecule has 8 nitrogen and oxygen atoms in total. The summed E-state index contributed by atoms with van der Waals surface area (Å²) in [6.45, 7) is 6.05. The van der Waals surface area contributed by atoms with E-state index >= 15 is 0 Å². The number of aliphatic hydroxyl groups excluding tert-OH is 1. The average molecular weight is 426 g/mol. The molecule has 0 amide bonds. The van der Waals surface area contributed by atoms with Crippen molar-refractivity contribution in [2.75, 3.05) is 22.9 Å². The highest BCUT2D eigenvalue weighted by atomic mass is 32.2. The molecule has 1 unspecified atom stereocenters. The SMILES string of the molecule is CC(C)C[C@H](CO)Nc1nc(NS(C)(=O)=O)nc(SC(C)c2ccccc2)n1. The summed E-state index contributed by atoms with van der Waals surface area (Å²) in [6.07, 6.45) is 1.76. The van der Waals surface area contributed by atoms with Gasteiger partial charge in [0, 0.05) is 5.25 Å². The number of rotatable bonds is 10. The van der Waals surface area contributed by atoms with Crippen LogP contribution in [0.5, 0.6) is 0 Å². The molecular weight excluding hydrogens is 398 g/mol. The fourth-order valence-corrected chi connectivity index (χ4v) is 3.88. The molecule has 1 aromatic carbocycles. The molecular formula is C18H27N5O3S2. The second-order valence-corrected chi connectivity index (χ2v) is 10.0. The van der Waals surface area contributed by atoms with Gasteiger partial charge < -0.3 is 10.4 Å². The van der Waals surface area contributed by atoms with Gasteiger partial charge in [0.05, 0.1) is 18.9 Å². The Hall–Kier alpha value is -1.91. The summed E-state index contributed by atoms with van der Waals surface area (Å²) >= 11 is 1.40. The average Bonchev–Trinajstić information content (AvgIpc) is 2.59. The van der Waals surface area contributed by atoms with Crippen LogP contribution in [0.25, 0.3) is 0 Å². The number of hydrogen-bond acceptors (Lipinski definition) is 8. The molecule has 2 aromatic rings. The standard InChI is InChI=1S/C18H27N5O3S2/c1-12(2)10-15(11-24)19-16-20-17(23-28(4,25)26)22-18(21-16)27-13(3)14-8-6-5-7-9-14/h5-9,12-13,15,24H,10-11H2,1-4H3,(H2,19,20,21,22,23)/t13?,15-/m1/s1. The first-order valence-electron chi connectivity index (χ1n) is 8.99. The molecule has 1 aromatic heterocycles. The van der Waals surface area contributed by atoms with Gasteiger partial charge in [0.15, 0.2) is 5.16 Å². The van der Waals surface area contributed by atoms with E-state index < -0.39 is 10.0 Å². The summed E-state index contributed by atoms with van der Waals surface area (Å²) < 4.78 is 25.5. The fourth-order valence-electron chi connectivity index (χ4n) is 2.57. The van der Waals surface area contributed by atoms with Gasteiger partial charge in [-0.2, -0.15) is 15.0 Å². The molecule has 0 saturated heterocycles. The van der Waals surface area contributed by atoms with Crippen LogP contribution >= 0.6 is 11.8 Å². The molecule has 2 rings (SSSR count). The van der Waals surface area contributed by atoms with Crippen molar-refractivity contribution in [1.82, 2.24) is 15.0 Å². The van der Waals surface area contributed by atoms with Crippen molar-refractivity contribution in [2.24, 2.45) is 5.92 Å². The lowest BCUT2D eigenvalue weighted by Crippen LogP contribution is -2.27. The molecule has 0 fully saturated rings. The number of nitrogens with zero attached hydrogens (tertiary/aromatic N) is 3. The summed E-state index contributed by atoms with van der Waals surface area (Å²) in [5.41, 5.74) is 1.10. The topological polar surface area (TPSA) is 117 Å². The minimum atomic E-state index is -3.53. The van der Waals surface area contributed by atoms with Crippen LogP contribution in [0.1, 0.15) is 38.0 Å².